The molecule has 2 aromatic rings. The van der Waals surface area contributed by atoms with Gasteiger partial charge in [0.2, 0.25) is 0 Å². The van der Waals surface area contributed by atoms with Crippen molar-refractivity contribution in [3.05, 3.63) is 58.6 Å². The maximum atomic E-state index is 12.5. The van der Waals surface area contributed by atoms with Crippen LogP contribution in [0.25, 0.3) is 0 Å². The van der Waals surface area contributed by atoms with E-state index in [-0.39, 0.29) is 5.91 Å². The molecule has 1 amide bonds. The number of rotatable bonds is 2. The van der Waals surface area contributed by atoms with Gasteiger partial charge in [-0.25, -0.2) is 0 Å². The number of methoxy groups -OCH3 is 1. The van der Waals surface area contributed by atoms with E-state index in [1.165, 1.54) is 0 Å². The van der Waals surface area contributed by atoms with Crippen LogP contribution in [0, 0.1) is 6.07 Å². The van der Waals surface area contributed by atoms with Gasteiger partial charge in [0, 0.05) is 6.54 Å². The zero-order valence-corrected chi connectivity index (χ0v) is 19.9. The summed E-state index contributed by atoms with van der Waals surface area (Å²) >= 11 is 5.81. The maximum Gasteiger partial charge on any atom is 0.251 e. The minimum Gasteiger partial charge on any atom is -0.496 e. The number of halogens is 1. The molecule has 22 heavy (non-hydrogen) atoms. The number of carbonyl (C=O) groups excluding carboxylic acids is 1. The van der Waals surface area contributed by atoms with Crippen molar-refractivity contribution >= 4 is 23.2 Å². The van der Waals surface area contributed by atoms with Crippen LogP contribution >= 0.6 is 11.6 Å². The van der Waals surface area contributed by atoms with E-state index in [1.807, 2.05) is 18.2 Å². The van der Waals surface area contributed by atoms with Gasteiger partial charge in [-0.2, -0.15) is 18.2 Å². The number of hydrogen-bond donors (Lipinski definition) is 0. The number of carbonyl (C=O) groups is 1. The second-order valence-electron chi connectivity index (χ2n) is 4.28. The third-order valence-electron chi connectivity index (χ3n) is 3.19. The predicted molar refractivity (Wildman–Crippen MR) is 73.8 cm³/mol. The molecule has 0 saturated carbocycles. The average molecular weight is 1030 g/mol. The van der Waals surface area contributed by atoms with E-state index in [0.29, 0.717) is 22.9 Å². The molecule has 0 bridgehead atoms. The Bertz CT molecular complexity index is 650. The van der Waals surface area contributed by atoms with Gasteiger partial charge in [-0.15, -0.1) is 17.7 Å². The standard InChI is InChI=1S/C15H11ClNO2.3Cf/c1-19-13-4-2-3-10-9-17(15(18)14(10)13)12-7-5-11(16)6-8-12;;;/h2-5,7-8H,9H2,1H3;;;/q-1;;;. The summed E-state index contributed by atoms with van der Waals surface area (Å²) in [5.74, 6) is 0.561. The zero-order chi connectivity index (χ0) is 13.4. The summed E-state index contributed by atoms with van der Waals surface area (Å²) in [6, 6.07) is 13.8. The fourth-order valence-corrected chi connectivity index (χ4v) is 2.39. The van der Waals surface area contributed by atoms with Crippen LogP contribution in [0.5, 0.6) is 5.75 Å². The summed E-state index contributed by atoms with van der Waals surface area (Å²) in [6.45, 7) is 0.542. The van der Waals surface area contributed by atoms with Gasteiger partial charge in [-0.05, 0) is 11.6 Å². The summed E-state index contributed by atoms with van der Waals surface area (Å²) in [7, 11) is 1.57. The molecule has 0 aliphatic carbocycles. The Hall–Kier alpha value is -5.00. The number of fused-ring (bicyclic) bond motifs is 1. The van der Waals surface area contributed by atoms with E-state index < -0.39 is 0 Å². The van der Waals surface area contributed by atoms with Crippen molar-refractivity contribution in [2.45, 2.75) is 6.54 Å². The molecule has 1 aliphatic heterocycles. The van der Waals surface area contributed by atoms with Crippen LogP contribution < -0.4 is 9.64 Å². The van der Waals surface area contributed by atoms with Crippen molar-refractivity contribution in [2.75, 3.05) is 12.0 Å². The molecule has 3 nitrogen and oxygen atoms in total. The second kappa shape index (κ2) is 5.76. The van der Waals surface area contributed by atoms with Gasteiger partial charge in [0.1, 0.15) is 5.75 Å². The first-order valence-electron chi connectivity index (χ1n) is 5.85. The molecule has 3 rings (SSSR count). The van der Waals surface area contributed by atoms with Gasteiger partial charge in [-0.3, -0.25) is 4.79 Å². The van der Waals surface area contributed by atoms with Crippen LogP contribution in [0.3, 0.4) is 0 Å². The molecule has 0 saturated heterocycles. The molecule has 0 unspecified atom stereocenters. The monoisotopic (exact) mass is 1020 g/mol. The van der Waals surface area contributed by atoms with E-state index in [4.69, 9.17) is 16.3 Å². The summed E-state index contributed by atoms with van der Waals surface area (Å²) < 4.78 is 5.25. The molecule has 0 radical (unpaired) electrons. The molecule has 0 atom stereocenters. The van der Waals surface area contributed by atoms with Crippen molar-refractivity contribution in [1.29, 1.82) is 0 Å². The van der Waals surface area contributed by atoms with Gasteiger partial charge in [0.25, 0.3) is 5.91 Å². The quantitative estimate of drug-likeness (QED) is 0.433. The van der Waals surface area contributed by atoms with Crippen LogP contribution in [-0.2, 0) is 6.54 Å². The van der Waals surface area contributed by atoms with Crippen molar-refractivity contribution in [1.82, 2.24) is 0 Å². The third-order valence-corrected chi connectivity index (χ3v) is 3.43. The first kappa shape index (κ1) is 17.0. The van der Waals surface area contributed by atoms with Gasteiger partial charge in [-0.1, -0.05) is 22.8 Å². The summed E-state index contributed by atoms with van der Waals surface area (Å²) in [5, 5.41) is 0.533. The van der Waals surface area contributed by atoms with Crippen LogP contribution in [0.2, 0.25) is 5.02 Å². The molecule has 0 aromatic heterocycles. The molecule has 1 aliphatic rings. The van der Waals surface area contributed by atoms with Gasteiger partial charge < -0.3 is 9.64 Å². The smallest absolute Gasteiger partial charge is 0.251 e. The van der Waals surface area contributed by atoms with E-state index >= 15 is 0 Å². The second-order valence-corrected chi connectivity index (χ2v) is 4.69. The fourth-order valence-electron chi connectivity index (χ4n) is 2.27. The first-order valence-corrected chi connectivity index (χ1v) is 6.23. The van der Waals surface area contributed by atoms with Gasteiger partial charge in [0.15, 0.2) is 0 Å². The third kappa shape index (κ3) is 2.15. The molecule has 2 aromatic carbocycles. The van der Waals surface area contributed by atoms with E-state index in [9.17, 15) is 4.79 Å². The van der Waals surface area contributed by atoms with E-state index in [2.05, 4.69) is 6.07 Å². The van der Waals surface area contributed by atoms with Gasteiger partial charge >= 0.3 is 0 Å². The number of anilines is 1. The Labute approximate surface area is 116 Å². The van der Waals surface area contributed by atoms with Crippen molar-refractivity contribution in [3.8, 4) is 5.75 Å². The van der Waals surface area contributed by atoms with E-state index in [1.54, 1.807) is 30.2 Å². The Balaban J connectivity index is 0.00000147. The van der Waals surface area contributed by atoms with Crippen molar-refractivity contribution in [3.63, 3.8) is 0 Å². The Morgan fingerprint density at radius 1 is 1.18 bits per heavy atom. The number of hydrogen-bond acceptors (Lipinski definition) is 2. The maximum absolute atomic E-state index is 12.5. The van der Waals surface area contributed by atoms with Crippen molar-refractivity contribution < 1.29 is 9.53 Å². The number of ether oxygens (including phenoxy) is 1. The summed E-state index contributed by atoms with van der Waals surface area (Å²) in [5.41, 5.74) is 2.40. The van der Waals surface area contributed by atoms with Crippen LogP contribution in [0.15, 0.2) is 36.4 Å². The first-order chi connectivity index (χ1) is 9.20. The molecule has 0 N–H and O–H groups in total. The molecule has 0 fully saturated rings. The summed E-state index contributed by atoms with van der Waals surface area (Å²) in [4.78, 5) is 14.2. The molecule has 0 spiro atoms. The zero-order valence-electron chi connectivity index (χ0n) is 11.3. The number of benzene rings is 2. The number of amides is 1. The Morgan fingerprint density at radius 3 is 2.50 bits per heavy atom. The Morgan fingerprint density at radius 2 is 1.91 bits per heavy atom. The molecule has 1 heterocycles. The van der Waals surface area contributed by atoms with E-state index in [0.717, 1.165) is 11.3 Å². The SMILES string of the molecule is COc1cccc2c1C(=O)N(c1c[c-]c(Cl)cc1)C2.[Cf].[Cf].[Cf]. The molecule has 7 heteroatoms. The molecule has 126 valence electrons. The topological polar surface area (TPSA) is 29.5 Å². The largest absolute Gasteiger partial charge is 0.496 e. The summed E-state index contributed by atoms with van der Waals surface area (Å²) in [6.07, 6.45) is 0. The van der Waals surface area contributed by atoms with Crippen LogP contribution in [0.1, 0.15) is 15.9 Å². The normalized spacial score (nSPS) is 11.7. The Kier molecular flexibility index (Phi) is 4.45. The molecular formula is C15H11Cf3ClNO2-. The van der Waals surface area contributed by atoms with Gasteiger partial charge in [0.05, 0.1) is 12.7 Å². The number of nitrogens with zero attached hydrogens (tertiary/aromatic N) is 1. The van der Waals surface area contributed by atoms with Crippen molar-refractivity contribution in [2.24, 2.45) is 0 Å². The fraction of sp³-hybridized carbons (Fsp3) is 0.133. The van der Waals surface area contributed by atoms with Crippen LogP contribution in [-0.4, -0.2) is 13.0 Å². The predicted octanol–water partition coefficient (Wildman–Crippen LogP) is 3.31. The minimum absolute atomic E-state index is 0. The minimum atomic E-state index is -0.0526. The molecular weight excluding hydrogens is 1010 g/mol. The van der Waals surface area contributed by atoms with Crippen LogP contribution in [0.4, 0.5) is 5.69 Å². The average Bonchev–Trinajstić information content (AvgIpc) is 2.77.